The zero-order chi connectivity index (χ0) is 12.5. The molecule has 0 N–H and O–H groups in total. The molecule has 1 aromatic carbocycles. The van der Waals surface area contributed by atoms with Crippen LogP contribution < -0.4 is 0 Å². The molecule has 0 aliphatic carbocycles. The summed E-state index contributed by atoms with van der Waals surface area (Å²) in [4.78, 5) is 0. The van der Waals surface area contributed by atoms with Gasteiger partial charge in [-0.2, -0.15) is 0 Å². The van der Waals surface area contributed by atoms with Crippen LogP contribution in [0.4, 0.5) is 0 Å². The highest BCUT2D eigenvalue weighted by molar-refractivity contribution is 14.1. The van der Waals surface area contributed by atoms with Crippen LogP contribution in [0.5, 0.6) is 0 Å². The summed E-state index contributed by atoms with van der Waals surface area (Å²) in [5.41, 5.74) is 4.53. The first-order chi connectivity index (χ1) is 8.30. The number of benzene rings is 1. The Bertz CT molecular complexity index is 300. The summed E-state index contributed by atoms with van der Waals surface area (Å²) in [5, 5.41) is 2.19. The van der Waals surface area contributed by atoms with Gasteiger partial charge in [-0.1, -0.05) is 72.6 Å². The predicted molar refractivity (Wildman–Crippen MR) is 93.3 cm³/mol. The lowest BCUT2D eigenvalue weighted by Crippen LogP contribution is -1.96. The lowest BCUT2D eigenvalue weighted by molar-refractivity contribution is 0.904. The number of rotatable bonds is 8. The summed E-state index contributed by atoms with van der Waals surface area (Å²) in [5.74, 6) is 0. The van der Waals surface area contributed by atoms with Crippen molar-refractivity contribution < 1.29 is 0 Å². The molecule has 0 nitrogen and oxygen atoms in total. The van der Waals surface area contributed by atoms with Gasteiger partial charge in [-0.15, -0.1) is 0 Å². The Hall–Kier alpha value is 0.910. The molecule has 0 spiro atoms. The van der Waals surface area contributed by atoms with Gasteiger partial charge in [-0.05, 0) is 48.8 Å². The molecule has 1 aromatic rings. The van der Waals surface area contributed by atoms with Crippen LogP contribution in [0.25, 0.3) is 0 Å². The first-order valence-electron chi connectivity index (χ1n) is 6.09. The van der Waals surface area contributed by atoms with Gasteiger partial charge in [0.2, 0.25) is 0 Å². The van der Waals surface area contributed by atoms with Gasteiger partial charge in [0.25, 0.3) is 0 Å². The van der Waals surface area contributed by atoms with E-state index in [1.165, 1.54) is 53.2 Å². The third kappa shape index (κ3) is 6.58. The molecule has 0 radical (unpaired) electrons. The molecule has 96 valence electrons. The summed E-state index contributed by atoms with van der Waals surface area (Å²) in [6.45, 7) is 0. The maximum Gasteiger partial charge on any atom is 0.00358 e. The van der Waals surface area contributed by atoms with Crippen LogP contribution in [0.3, 0.4) is 0 Å². The molecule has 0 unspecified atom stereocenters. The average molecular weight is 474 g/mol. The van der Waals surface area contributed by atoms with Gasteiger partial charge in [0, 0.05) is 15.1 Å². The van der Waals surface area contributed by atoms with Crippen LogP contribution in [-0.4, -0.2) is 15.1 Å². The predicted octanol–water partition coefficient (Wildman–Crippen LogP) is 5.32. The number of hydrogen-bond donors (Lipinski definition) is 0. The van der Waals surface area contributed by atoms with Gasteiger partial charge in [-0.25, -0.2) is 0 Å². The van der Waals surface area contributed by atoms with Crippen LogP contribution >= 0.6 is 54.5 Å². The molecule has 0 amide bonds. The van der Waals surface area contributed by atoms with E-state index in [2.05, 4.69) is 72.6 Å². The standard InChI is InChI=1S/C14H19Br2I/c15-6-1-3-12-9-13(4-2-7-16)11-14(10-12)5-8-17/h9-11H,1-8H2. The maximum atomic E-state index is 3.51. The van der Waals surface area contributed by atoms with E-state index >= 15 is 0 Å². The topological polar surface area (TPSA) is 0 Å². The molecule has 0 saturated carbocycles. The van der Waals surface area contributed by atoms with Crippen molar-refractivity contribution in [2.75, 3.05) is 15.1 Å². The summed E-state index contributed by atoms with van der Waals surface area (Å²) in [7, 11) is 0. The minimum absolute atomic E-state index is 1.10. The van der Waals surface area contributed by atoms with Gasteiger partial charge in [0.15, 0.2) is 0 Å². The van der Waals surface area contributed by atoms with Gasteiger partial charge in [0.1, 0.15) is 0 Å². The Morgan fingerprint density at radius 2 is 1.18 bits per heavy atom. The third-order valence-electron chi connectivity index (χ3n) is 2.69. The fourth-order valence-electron chi connectivity index (χ4n) is 1.92. The van der Waals surface area contributed by atoms with E-state index in [4.69, 9.17) is 0 Å². The Labute approximate surface area is 135 Å². The second-order valence-corrected chi connectivity index (χ2v) is 6.85. The van der Waals surface area contributed by atoms with Crippen molar-refractivity contribution in [2.45, 2.75) is 32.1 Å². The van der Waals surface area contributed by atoms with Crippen LogP contribution in [0.2, 0.25) is 0 Å². The molecule has 0 heterocycles. The van der Waals surface area contributed by atoms with Crippen molar-refractivity contribution in [3.8, 4) is 0 Å². The number of hydrogen-bond acceptors (Lipinski definition) is 0. The molecule has 0 bridgehead atoms. The number of halogens is 3. The molecule has 0 atom stereocenters. The molecule has 0 aromatic heterocycles. The van der Waals surface area contributed by atoms with Crippen LogP contribution in [-0.2, 0) is 19.3 Å². The maximum absolute atomic E-state index is 3.51. The van der Waals surface area contributed by atoms with Crippen molar-refractivity contribution >= 4 is 54.5 Å². The minimum Gasteiger partial charge on any atom is -0.0928 e. The summed E-state index contributed by atoms with van der Waals surface area (Å²) in [6.07, 6.45) is 6.05. The normalized spacial score (nSPS) is 10.8. The molecular weight excluding hydrogens is 455 g/mol. The highest BCUT2D eigenvalue weighted by Gasteiger charge is 2.01. The van der Waals surface area contributed by atoms with E-state index in [-0.39, 0.29) is 0 Å². The van der Waals surface area contributed by atoms with Gasteiger partial charge in [-0.3, -0.25) is 0 Å². The fourth-order valence-corrected chi connectivity index (χ4v) is 3.11. The van der Waals surface area contributed by atoms with Crippen LogP contribution in [0, 0.1) is 0 Å². The number of aryl methyl sites for hydroxylation is 3. The Kier molecular flexibility index (Phi) is 9.19. The zero-order valence-electron chi connectivity index (χ0n) is 10.0. The van der Waals surface area contributed by atoms with Gasteiger partial charge >= 0.3 is 0 Å². The Morgan fingerprint density at radius 3 is 1.53 bits per heavy atom. The minimum atomic E-state index is 1.10. The largest absolute Gasteiger partial charge is 0.0928 e. The van der Waals surface area contributed by atoms with E-state index in [1.807, 2.05) is 0 Å². The molecule has 0 fully saturated rings. The average Bonchev–Trinajstić information content (AvgIpc) is 2.34. The molecule has 3 heteroatoms. The van der Waals surface area contributed by atoms with E-state index < -0.39 is 0 Å². The lowest BCUT2D eigenvalue weighted by Gasteiger charge is -2.08. The third-order valence-corrected chi connectivity index (χ3v) is 4.35. The van der Waals surface area contributed by atoms with Crippen molar-refractivity contribution in [2.24, 2.45) is 0 Å². The smallest absolute Gasteiger partial charge is 0.00358 e. The highest BCUT2D eigenvalue weighted by Crippen LogP contribution is 2.16. The molecular formula is C14H19Br2I. The van der Waals surface area contributed by atoms with Gasteiger partial charge in [0.05, 0.1) is 0 Å². The first kappa shape index (κ1) is 16.0. The molecule has 0 aliphatic heterocycles. The highest BCUT2D eigenvalue weighted by atomic mass is 127. The zero-order valence-corrected chi connectivity index (χ0v) is 15.4. The Morgan fingerprint density at radius 1 is 0.765 bits per heavy atom. The monoisotopic (exact) mass is 472 g/mol. The molecule has 0 saturated heterocycles. The molecule has 17 heavy (non-hydrogen) atoms. The summed E-state index contributed by atoms with van der Waals surface area (Å²) >= 11 is 9.48. The molecule has 0 aliphatic rings. The van der Waals surface area contributed by atoms with Crippen LogP contribution in [0.1, 0.15) is 29.5 Å². The SMILES string of the molecule is BrCCCc1cc(CCI)cc(CCCBr)c1. The van der Waals surface area contributed by atoms with Crippen molar-refractivity contribution in [3.05, 3.63) is 34.9 Å². The lowest BCUT2D eigenvalue weighted by atomic mass is 9.99. The van der Waals surface area contributed by atoms with E-state index in [9.17, 15) is 0 Å². The summed E-state index contributed by atoms with van der Waals surface area (Å²) in [6, 6.07) is 7.17. The quantitative estimate of drug-likeness (QED) is 0.354. The van der Waals surface area contributed by atoms with Crippen LogP contribution in [0.15, 0.2) is 18.2 Å². The van der Waals surface area contributed by atoms with Crippen molar-refractivity contribution in [1.82, 2.24) is 0 Å². The second kappa shape index (κ2) is 9.79. The molecule has 1 rings (SSSR count). The van der Waals surface area contributed by atoms with Crippen molar-refractivity contribution in [1.29, 1.82) is 0 Å². The second-order valence-electron chi connectivity index (χ2n) is 4.18. The number of alkyl halides is 3. The van der Waals surface area contributed by atoms with Gasteiger partial charge < -0.3 is 0 Å². The van der Waals surface area contributed by atoms with Crippen molar-refractivity contribution in [3.63, 3.8) is 0 Å². The Balaban J connectivity index is 2.76. The first-order valence-corrected chi connectivity index (χ1v) is 9.86. The van der Waals surface area contributed by atoms with E-state index in [0.29, 0.717) is 0 Å². The van der Waals surface area contributed by atoms with E-state index in [0.717, 1.165) is 10.7 Å². The fraction of sp³-hybridized carbons (Fsp3) is 0.571. The van der Waals surface area contributed by atoms with E-state index in [1.54, 1.807) is 0 Å². The summed E-state index contributed by atoms with van der Waals surface area (Å²) < 4.78 is 1.21.